The molecule has 0 radical (unpaired) electrons. The molecule has 6 nitrogen and oxygen atoms in total. The molecule has 2 fully saturated rings. The smallest absolute Gasteiger partial charge is 0.221 e. The molecule has 0 aromatic heterocycles. The van der Waals surface area contributed by atoms with Crippen molar-refractivity contribution in [3.63, 3.8) is 0 Å². The number of nitrogens with one attached hydrogen (secondary N) is 2. The molecule has 2 N–H and O–H groups in total. The highest BCUT2D eigenvalue weighted by Gasteiger charge is 2.28. The van der Waals surface area contributed by atoms with Crippen LogP contribution in [-0.2, 0) is 14.8 Å². The number of rotatable bonds is 3. The van der Waals surface area contributed by atoms with E-state index in [1.165, 1.54) is 4.31 Å². The normalized spacial score (nSPS) is 24.6. The first-order chi connectivity index (χ1) is 8.58. The highest BCUT2D eigenvalue weighted by molar-refractivity contribution is 7.89. The molecule has 7 heteroatoms. The molecule has 0 aromatic rings. The Bertz CT molecular complexity index is 390. The van der Waals surface area contributed by atoms with Gasteiger partial charge >= 0.3 is 0 Å². The van der Waals surface area contributed by atoms with Crippen LogP contribution in [0.5, 0.6) is 0 Å². The number of hydrogen-bond acceptors (Lipinski definition) is 4. The minimum atomic E-state index is -3.22. The van der Waals surface area contributed by atoms with Crippen molar-refractivity contribution < 1.29 is 13.2 Å². The summed E-state index contributed by atoms with van der Waals surface area (Å²) in [5, 5.41) is 5.93. The maximum absolute atomic E-state index is 12.3. The second kappa shape index (κ2) is 5.99. The van der Waals surface area contributed by atoms with E-state index in [1.807, 2.05) is 0 Å². The van der Waals surface area contributed by atoms with Crippen molar-refractivity contribution in [2.45, 2.75) is 19.3 Å². The largest absolute Gasteiger partial charge is 0.355 e. The van der Waals surface area contributed by atoms with E-state index in [2.05, 4.69) is 10.6 Å². The molecule has 2 heterocycles. The SMILES string of the molecule is O=C1CCN(S(=O)(=O)CC2CCNCC2)CCN1. The number of nitrogens with zero attached hydrogens (tertiary/aromatic N) is 1. The van der Waals surface area contributed by atoms with Crippen molar-refractivity contribution in [2.24, 2.45) is 5.92 Å². The van der Waals surface area contributed by atoms with Crippen LogP contribution in [0.25, 0.3) is 0 Å². The second-order valence-electron chi connectivity index (χ2n) is 4.97. The second-order valence-corrected chi connectivity index (χ2v) is 6.98. The first-order valence-electron chi connectivity index (χ1n) is 6.53. The van der Waals surface area contributed by atoms with Crippen LogP contribution in [0, 0.1) is 5.92 Å². The Morgan fingerprint density at radius 1 is 1.17 bits per heavy atom. The molecule has 0 aromatic carbocycles. The summed E-state index contributed by atoms with van der Waals surface area (Å²) in [5.41, 5.74) is 0. The zero-order valence-corrected chi connectivity index (χ0v) is 11.3. The zero-order valence-electron chi connectivity index (χ0n) is 10.5. The molecule has 0 spiro atoms. The van der Waals surface area contributed by atoms with Gasteiger partial charge in [0.25, 0.3) is 0 Å². The quantitative estimate of drug-likeness (QED) is 0.702. The molecule has 0 atom stereocenters. The van der Waals surface area contributed by atoms with Gasteiger partial charge in [-0.25, -0.2) is 8.42 Å². The van der Waals surface area contributed by atoms with Crippen molar-refractivity contribution in [2.75, 3.05) is 38.5 Å². The molecule has 2 rings (SSSR count). The van der Waals surface area contributed by atoms with E-state index in [0.29, 0.717) is 19.6 Å². The lowest BCUT2D eigenvalue weighted by molar-refractivity contribution is -0.120. The standard InChI is InChI=1S/C11H21N3O3S/c15-11-3-7-14(8-6-13-11)18(16,17)9-10-1-4-12-5-2-10/h10,12H,1-9H2,(H,13,15). The van der Waals surface area contributed by atoms with Gasteiger partial charge in [0, 0.05) is 26.1 Å². The summed E-state index contributed by atoms with van der Waals surface area (Å²) in [6, 6.07) is 0. The van der Waals surface area contributed by atoms with Crippen LogP contribution >= 0.6 is 0 Å². The first kappa shape index (κ1) is 13.8. The fraction of sp³-hybridized carbons (Fsp3) is 0.909. The van der Waals surface area contributed by atoms with Crippen LogP contribution in [0.4, 0.5) is 0 Å². The molecular weight excluding hydrogens is 254 g/mol. The van der Waals surface area contributed by atoms with Gasteiger partial charge in [-0.1, -0.05) is 0 Å². The fourth-order valence-electron chi connectivity index (χ4n) is 2.48. The lowest BCUT2D eigenvalue weighted by Gasteiger charge is -2.26. The summed E-state index contributed by atoms with van der Waals surface area (Å²) >= 11 is 0. The summed E-state index contributed by atoms with van der Waals surface area (Å²) in [4.78, 5) is 11.2. The Balaban J connectivity index is 1.94. The molecule has 104 valence electrons. The number of piperidine rings is 1. The Morgan fingerprint density at radius 2 is 1.89 bits per heavy atom. The van der Waals surface area contributed by atoms with Crippen molar-refractivity contribution >= 4 is 15.9 Å². The van der Waals surface area contributed by atoms with Crippen LogP contribution < -0.4 is 10.6 Å². The van der Waals surface area contributed by atoms with E-state index in [1.54, 1.807) is 0 Å². The predicted octanol–water partition coefficient (Wildman–Crippen LogP) is -0.862. The van der Waals surface area contributed by atoms with Gasteiger partial charge in [-0.3, -0.25) is 4.79 Å². The summed E-state index contributed by atoms with van der Waals surface area (Å²) < 4.78 is 26.0. The van der Waals surface area contributed by atoms with E-state index in [4.69, 9.17) is 0 Å². The molecular formula is C11H21N3O3S. The number of sulfonamides is 1. The molecule has 2 aliphatic heterocycles. The lowest BCUT2D eigenvalue weighted by Crippen LogP contribution is -2.40. The van der Waals surface area contributed by atoms with Crippen molar-refractivity contribution in [1.82, 2.24) is 14.9 Å². The Morgan fingerprint density at radius 3 is 2.61 bits per heavy atom. The van der Waals surface area contributed by atoms with Gasteiger partial charge in [0.2, 0.25) is 15.9 Å². The van der Waals surface area contributed by atoms with Crippen LogP contribution in [0.1, 0.15) is 19.3 Å². The van der Waals surface area contributed by atoms with Gasteiger partial charge in [0.1, 0.15) is 0 Å². The molecule has 2 saturated heterocycles. The third-order valence-corrected chi connectivity index (χ3v) is 5.61. The highest BCUT2D eigenvalue weighted by atomic mass is 32.2. The molecule has 0 unspecified atom stereocenters. The zero-order chi connectivity index (χ0) is 13.0. The molecule has 2 aliphatic rings. The molecule has 18 heavy (non-hydrogen) atoms. The van der Waals surface area contributed by atoms with Crippen LogP contribution in [-0.4, -0.2) is 57.1 Å². The van der Waals surface area contributed by atoms with Crippen molar-refractivity contribution in [3.8, 4) is 0 Å². The Kier molecular flexibility index (Phi) is 4.58. The molecule has 1 amide bonds. The maximum atomic E-state index is 12.3. The first-order valence-corrected chi connectivity index (χ1v) is 8.14. The number of hydrogen-bond donors (Lipinski definition) is 2. The summed E-state index contributed by atoms with van der Waals surface area (Å²) in [6.07, 6.45) is 2.11. The fourth-order valence-corrected chi connectivity index (χ4v) is 4.36. The van der Waals surface area contributed by atoms with Crippen LogP contribution in [0.3, 0.4) is 0 Å². The summed E-state index contributed by atoms with van der Waals surface area (Å²) in [6.45, 7) is 2.95. The minimum absolute atomic E-state index is 0.0606. The lowest BCUT2D eigenvalue weighted by atomic mass is 10.0. The van der Waals surface area contributed by atoms with Gasteiger partial charge in [-0.05, 0) is 31.8 Å². The Hall–Kier alpha value is -0.660. The molecule has 0 aliphatic carbocycles. The maximum Gasteiger partial charge on any atom is 0.221 e. The van der Waals surface area contributed by atoms with E-state index < -0.39 is 10.0 Å². The van der Waals surface area contributed by atoms with Crippen molar-refractivity contribution in [1.29, 1.82) is 0 Å². The van der Waals surface area contributed by atoms with Gasteiger partial charge in [0.05, 0.1) is 5.75 Å². The third-order valence-electron chi connectivity index (χ3n) is 3.57. The minimum Gasteiger partial charge on any atom is -0.355 e. The average Bonchev–Trinajstić information content (AvgIpc) is 2.55. The third kappa shape index (κ3) is 3.66. The van der Waals surface area contributed by atoms with E-state index >= 15 is 0 Å². The predicted molar refractivity (Wildman–Crippen MR) is 68.6 cm³/mol. The summed E-state index contributed by atoms with van der Waals surface area (Å²) in [7, 11) is -3.22. The van der Waals surface area contributed by atoms with Gasteiger partial charge < -0.3 is 10.6 Å². The van der Waals surface area contributed by atoms with Gasteiger partial charge in [-0.2, -0.15) is 4.31 Å². The van der Waals surface area contributed by atoms with Gasteiger partial charge in [0.15, 0.2) is 0 Å². The number of carbonyl (C=O) groups is 1. The average molecular weight is 275 g/mol. The topological polar surface area (TPSA) is 78.5 Å². The van der Waals surface area contributed by atoms with Crippen LogP contribution in [0.2, 0.25) is 0 Å². The van der Waals surface area contributed by atoms with Crippen molar-refractivity contribution in [3.05, 3.63) is 0 Å². The molecule has 0 saturated carbocycles. The van der Waals surface area contributed by atoms with E-state index in [0.717, 1.165) is 25.9 Å². The van der Waals surface area contributed by atoms with Gasteiger partial charge in [-0.15, -0.1) is 0 Å². The van der Waals surface area contributed by atoms with E-state index in [9.17, 15) is 13.2 Å². The van der Waals surface area contributed by atoms with Crippen LogP contribution in [0.15, 0.2) is 0 Å². The highest BCUT2D eigenvalue weighted by Crippen LogP contribution is 2.17. The monoisotopic (exact) mass is 275 g/mol. The summed E-state index contributed by atoms with van der Waals surface area (Å²) in [5.74, 6) is 0.417. The Labute approximate surface area is 108 Å². The number of carbonyl (C=O) groups excluding carboxylic acids is 1. The number of amides is 1. The van der Waals surface area contributed by atoms with E-state index in [-0.39, 0.29) is 24.0 Å². The molecule has 0 bridgehead atoms.